The minimum atomic E-state index is 0.737. The first-order valence-corrected chi connectivity index (χ1v) is 7.20. The van der Waals surface area contributed by atoms with E-state index in [9.17, 15) is 0 Å². The van der Waals surface area contributed by atoms with Gasteiger partial charge in [-0.05, 0) is 30.3 Å². The van der Waals surface area contributed by atoms with Crippen molar-refractivity contribution in [1.82, 2.24) is 9.97 Å². The van der Waals surface area contributed by atoms with Crippen molar-refractivity contribution in [3.05, 3.63) is 53.3 Å². The maximum Gasteiger partial charge on any atom is 0.117 e. The van der Waals surface area contributed by atoms with E-state index in [1.165, 1.54) is 0 Å². The summed E-state index contributed by atoms with van der Waals surface area (Å²) in [5, 5.41) is 0.771. The van der Waals surface area contributed by atoms with Crippen LogP contribution in [0.2, 0.25) is 5.02 Å². The fraction of sp³-hybridized carbons (Fsp3) is 0.0714. The smallest absolute Gasteiger partial charge is 0.117 e. The summed E-state index contributed by atoms with van der Waals surface area (Å²) in [6, 6.07) is 13.5. The molecule has 0 fully saturated rings. The van der Waals surface area contributed by atoms with Crippen LogP contribution in [0.3, 0.4) is 0 Å². The first-order valence-electron chi connectivity index (χ1n) is 5.84. The number of halogens is 1. The van der Waals surface area contributed by atoms with Crippen LogP contribution in [0.15, 0.2) is 47.4 Å². The molecule has 0 saturated heterocycles. The lowest BCUT2D eigenvalue weighted by atomic mass is 10.3. The molecule has 0 atom stereocenters. The Kier molecular flexibility index (Phi) is 3.36. The SMILES string of the molecule is Nc1ccc2nc(CSc3ccccc3Cl)[nH]c2c1. The second-order valence-corrected chi connectivity index (χ2v) is 5.60. The van der Waals surface area contributed by atoms with Crippen molar-refractivity contribution < 1.29 is 0 Å². The molecule has 2 aromatic carbocycles. The van der Waals surface area contributed by atoms with Gasteiger partial charge in [0.05, 0.1) is 21.8 Å². The maximum absolute atomic E-state index is 6.12. The Morgan fingerprint density at radius 2 is 2.05 bits per heavy atom. The number of thioether (sulfide) groups is 1. The van der Waals surface area contributed by atoms with Crippen LogP contribution < -0.4 is 5.73 Å². The summed E-state index contributed by atoms with van der Waals surface area (Å²) in [6.07, 6.45) is 0. The topological polar surface area (TPSA) is 54.7 Å². The monoisotopic (exact) mass is 289 g/mol. The molecule has 0 amide bonds. The number of nitrogen functional groups attached to an aromatic ring is 1. The summed E-state index contributed by atoms with van der Waals surface area (Å²) < 4.78 is 0. The maximum atomic E-state index is 6.12. The van der Waals surface area contributed by atoms with Gasteiger partial charge < -0.3 is 10.7 Å². The van der Waals surface area contributed by atoms with Crippen LogP contribution in [0.5, 0.6) is 0 Å². The largest absolute Gasteiger partial charge is 0.399 e. The second kappa shape index (κ2) is 5.15. The zero-order chi connectivity index (χ0) is 13.2. The molecule has 0 spiro atoms. The molecule has 0 aliphatic carbocycles. The average molecular weight is 290 g/mol. The van der Waals surface area contributed by atoms with Crippen LogP contribution >= 0.6 is 23.4 Å². The molecule has 5 heteroatoms. The van der Waals surface area contributed by atoms with Gasteiger partial charge in [0.15, 0.2) is 0 Å². The zero-order valence-corrected chi connectivity index (χ0v) is 11.6. The Bertz CT molecular complexity index is 724. The van der Waals surface area contributed by atoms with Crippen molar-refractivity contribution in [3.63, 3.8) is 0 Å². The number of imidazole rings is 1. The van der Waals surface area contributed by atoms with Crippen LogP contribution in [0, 0.1) is 0 Å². The summed E-state index contributed by atoms with van der Waals surface area (Å²) >= 11 is 7.78. The third-order valence-corrected chi connectivity index (χ3v) is 4.28. The number of aromatic amines is 1. The van der Waals surface area contributed by atoms with Crippen LogP contribution in [-0.2, 0) is 5.75 Å². The Morgan fingerprint density at radius 1 is 1.21 bits per heavy atom. The number of nitrogens with one attached hydrogen (secondary N) is 1. The third-order valence-electron chi connectivity index (χ3n) is 2.76. The highest BCUT2D eigenvalue weighted by Gasteiger charge is 2.05. The molecule has 0 aliphatic heterocycles. The molecule has 0 bridgehead atoms. The van der Waals surface area contributed by atoms with Gasteiger partial charge in [-0.1, -0.05) is 23.7 Å². The summed E-state index contributed by atoms with van der Waals surface area (Å²) in [5.41, 5.74) is 8.39. The van der Waals surface area contributed by atoms with Gasteiger partial charge in [-0.25, -0.2) is 4.98 Å². The van der Waals surface area contributed by atoms with E-state index in [2.05, 4.69) is 9.97 Å². The lowest BCUT2D eigenvalue weighted by molar-refractivity contribution is 1.14. The second-order valence-electron chi connectivity index (χ2n) is 4.18. The molecule has 3 rings (SSSR count). The fourth-order valence-electron chi connectivity index (χ4n) is 1.86. The normalized spacial score (nSPS) is 11.0. The number of H-pyrrole nitrogens is 1. The number of anilines is 1. The van der Waals surface area contributed by atoms with Crippen molar-refractivity contribution in [2.24, 2.45) is 0 Å². The van der Waals surface area contributed by atoms with Gasteiger partial charge >= 0.3 is 0 Å². The van der Waals surface area contributed by atoms with Gasteiger partial charge in [0.25, 0.3) is 0 Å². The van der Waals surface area contributed by atoms with Gasteiger partial charge in [0.1, 0.15) is 5.82 Å². The highest BCUT2D eigenvalue weighted by molar-refractivity contribution is 7.98. The van der Waals surface area contributed by atoms with Crippen molar-refractivity contribution >= 4 is 40.1 Å². The number of nitrogens with two attached hydrogens (primary N) is 1. The van der Waals surface area contributed by atoms with E-state index in [4.69, 9.17) is 17.3 Å². The quantitative estimate of drug-likeness (QED) is 0.564. The highest BCUT2D eigenvalue weighted by Crippen LogP contribution is 2.29. The van der Waals surface area contributed by atoms with E-state index < -0.39 is 0 Å². The predicted molar refractivity (Wildman–Crippen MR) is 81.5 cm³/mol. The number of hydrogen-bond donors (Lipinski definition) is 2. The molecular weight excluding hydrogens is 278 g/mol. The molecule has 1 aromatic heterocycles. The molecule has 3 aromatic rings. The Labute approximate surface area is 120 Å². The lowest BCUT2D eigenvalue weighted by Crippen LogP contribution is -1.83. The van der Waals surface area contributed by atoms with Gasteiger partial charge in [-0.2, -0.15) is 0 Å². The molecule has 96 valence electrons. The number of rotatable bonds is 3. The van der Waals surface area contributed by atoms with E-state index in [0.717, 1.165) is 38.2 Å². The molecule has 0 unspecified atom stereocenters. The van der Waals surface area contributed by atoms with Crippen LogP contribution in [0.25, 0.3) is 11.0 Å². The fourth-order valence-corrected chi connectivity index (χ4v) is 2.97. The van der Waals surface area contributed by atoms with E-state index >= 15 is 0 Å². The molecule has 0 saturated carbocycles. The van der Waals surface area contributed by atoms with Crippen molar-refractivity contribution in [1.29, 1.82) is 0 Å². The zero-order valence-electron chi connectivity index (χ0n) is 10.1. The molecule has 3 nitrogen and oxygen atoms in total. The van der Waals surface area contributed by atoms with Crippen molar-refractivity contribution in [2.45, 2.75) is 10.6 Å². The average Bonchev–Trinajstić information content (AvgIpc) is 2.79. The third kappa shape index (κ3) is 2.69. The number of benzene rings is 2. The molecule has 0 aliphatic rings. The Balaban J connectivity index is 1.80. The summed E-state index contributed by atoms with van der Waals surface area (Å²) in [5.74, 6) is 1.67. The molecule has 19 heavy (non-hydrogen) atoms. The van der Waals surface area contributed by atoms with Crippen molar-refractivity contribution in [3.8, 4) is 0 Å². The van der Waals surface area contributed by atoms with Gasteiger partial charge in [-0.3, -0.25) is 0 Å². The van der Waals surface area contributed by atoms with E-state index in [1.807, 2.05) is 42.5 Å². The predicted octanol–water partition coefficient (Wildman–Crippen LogP) is 4.09. The summed E-state index contributed by atoms with van der Waals surface area (Å²) in [7, 11) is 0. The van der Waals surface area contributed by atoms with E-state index in [0.29, 0.717) is 0 Å². The Hall–Kier alpha value is -1.65. The summed E-state index contributed by atoms with van der Waals surface area (Å²) in [4.78, 5) is 8.85. The number of fused-ring (bicyclic) bond motifs is 1. The Morgan fingerprint density at radius 3 is 2.89 bits per heavy atom. The van der Waals surface area contributed by atoms with Crippen molar-refractivity contribution in [2.75, 3.05) is 5.73 Å². The standard InChI is InChI=1S/C14H12ClN3S/c15-10-3-1-2-4-13(10)19-8-14-17-11-6-5-9(16)7-12(11)18-14/h1-7H,8,16H2,(H,17,18). The van der Waals surface area contributed by atoms with Crippen LogP contribution in [0.1, 0.15) is 5.82 Å². The number of nitrogens with zero attached hydrogens (tertiary/aromatic N) is 1. The number of aromatic nitrogens is 2. The summed E-state index contributed by atoms with van der Waals surface area (Å²) in [6.45, 7) is 0. The lowest BCUT2D eigenvalue weighted by Gasteiger charge is -2.01. The van der Waals surface area contributed by atoms with Crippen LogP contribution in [0.4, 0.5) is 5.69 Å². The highest BCUT2D eigenvalue weighted by atomic mass is 35.5. The van der Waals surface area contributed by atoms with Gasteiger partial charge in [-0.15, -0.1) is 11.8 Å². The molecular formula is C14H12ClN3S. The molecule has 1 heterocycles. The van der Waals surface area contributed by atoms with Crippen LogP contribution in [-0.4, -0.2) is 9.97 Å². The molecule has 3 N–H and O–H groups in total. The van der Waals surface area contributed by atoms with Gasteiger partial charge in [0.2, 0.25) is 0 Å². The first kappa shape index (κ1) is 12.4. The van der Waals surface area contributed by atoms with Gasteiger partial charge in [0, 0.05) is 10.6 Å². The minimum Gasteiger partial charge on any atom is -0.399 e. The molecule has 0 radical (unpaired) electrons. The number of hydrogen-bond acceptors (Lipinski definition) is 3. The first-order chi connectivity index (χ1) is 9.22. The minimum absolute atomic E-state index is 0.737. The van der Waals surface area contributed by atoms with E-state index in [-0.39, 0.29) is 0 Å². The van der Waals surface area contributed by atoms with E-state index in [1.54, 1.807) is 11.8 Å².